The van der Waals surface area contributed by atoms with Gasteiger partial charge in [-0.3, -0.25) is 0 Å². The molecule has 8 heteroatoms. The number of aliphatic hydroxyl groups excluding tert-OH is 1. The Bertz CT molecular complexity index is 3670. The molecule has 4 N–H and O–H groups in total. The second-order valence-corrected chi connectivity index (χ2v) is 19.0. The van der Waals surface area contributed by atoms with Gasteiger partial charge in [-0.25, -0.2) is 14.4 Å². The lowest BCUT2D eigenvalue weighted by molar-refractivity contribution is 0.0414. The zero-order chi connectivity index (χ0) is 50.2. The zero-order valence-electron chi connectivity index (χ0n) is 39.9. The molecule has 3 aliphatic carbocycles. The van der Waals surface area contributed by atoms with Crippen LogP contribution in [-0.4, -0.2) is 52.1 Å². The normalized spacial score (nSPS) is 16.1. The summed E-state index contributed by atoms with van der Waals surface area (Å²) < 4.78 is 7.24. The maximum Gasteiger partial charge on any atom is 0.335 e. The van der Waals surface area contributed by atoms with E-state index in [-0.39, 0.29) is 23.3 Å². The van der Waals surface area contributed by atoms with Crippen molar-refractivity contribution in [3.63, 3.8) is 0 Å². The molecule has 0 aromatic heterocycles. The predicted molar refractivity (Wildman–Crippen MR) is 281 cm³/mol. The van der Waals surface area contributed by atoms with E-state index in [1.165, 1.54) is 0 Å². The number of benzene rings is 9. The molecule has 9 aromatic rings. The minimum atomic E-state index is -1.34. The van der Waals surface area contributed by atoms with Gasteiger partial charge < -0.3 is 25.2 Å². The first-order valence-corrected chi connectivity index (χ1v) is 23.7. The van der Waals surface area contributed by atoms with E-state index >= 15 is 0 Å². The fourth-order valence-corrected chi connectivity index (χ4v) is 11.2. The van der Waals surface area contributed by atoms with Crippen LogP contribution in [0, 0.1) is 20.8 Å². The van der Waals surface area contributed by atoms with Crippen LogP contribution in [-0.2, 0) is 15.8 Å². The van der Waals surface area contributed by atoms with Crippen LogP contribution in [0.5, 0.6) is 0 Å². The number of carboxylic acid groups (broad SMARTS) is 3. The van der Waals surface area contributed by atoms with Gasteiger partial charge in [0.2, 0.25) is 0 Å². The van der Waals surface area contributed by atoms with Crippen molar-refractivity contribution in [3.05, 3.63) is 249 Å². The number of carboxylic acids is 3. The molecule has 352 valence electrons. The summed E-state index contributed by atoms with van der Waals surface area (Å²) in [6.45, 7) is 5.81. The molecule has 0 saturated heterocycles. The number of carbonyl (C=O) groups is 3. The zero-order valence-corrected chi connectivity index (χ0v) is 39.9. The summed E-state index contributed by atoms with van der Waals surface area (Å²) in [7, 11) is 1.71. The number of aliphatic hydroxyl groups is 1. The van der Waals surface area contributed by atoms with Gasteiger partial charge in [0.15, 0.2) is 0 Å². The first-order valence-electron chi connectivity index (χ1n) is 23.7. The summed E-state index contributed by atoms with van der Waals surface area (Å²) in [4.78, 5) is 36.5. The van der Waals surface area contributed by atoms with Crippen molar-refractivity contribution in [3.8, 4) is 66.8 Å². The van der Waals surface area contributed by atoms with Crippen LogP contribution in [0.4, 0.5) is 0 Å². The highest BCUT2D eigenvalue weighted by Crippen LogP contribution is 2.65. The smallest absolute Gasteiger partial charge is 0.335 e. The van der Waals surface area contributed by atoms with Crippen molar-refractivity contribution in [2.24, 2.45) is 0 Å². The summed E-state index contributed by atoms with van der Waals surface area (Å²) in [5, 5.41) is 42.6. The molecule has 0 amide bonds. The second kappa shape index (κ2) is 17.3. The molecule has 9 aromatic carbocycles. The average Bonchev–Trinajstić information content (AvgIpc) is 3.40. The van der Waals surface area contributed by atoms with Crippen molar-refractivity contribution < 1.29 is 39.5 Å². The molecule has 12 rings (SSSR count). The number of ether oxygens (including phenoxy) is 1. The highest BCUT2D eigenvalue weighted by Gasteiger charge is 2.60. The lowest BCUT2D eigenvalue weighted by Crippen LogP contribution is -2.53. The lowest BCUT2D eigenvalue weighted by Gasteiger charge is -2.56. The third-order valence-corrected chi connectivity index (χ3v) is 14.9. The van der Waals surface area contributed by atoms with Crippen LogP contribution in [0.15, 0.2) is 182 Å². The summed E-state index contributed by atoms with van der Waals surface area (Å²) in [5.41, 5.74) is 16.3. The topological polar surface area (TPSA) is 141 Å². The Morgan fingerprint density at radius 1 is 0.361 bits per heavy atom. The highest BCUT2D eigenvalue weighted by atomic mass is 16.5. The van der Waals surface area contributed by atoms with Gasteiger partial charge in [-0.05, 0) is 194 Å². The van der Waals surface area contributed by atoms with Crippen LogP contribution >= 0.6 is 0 Å². The largest absolute Gasteiger partial charge is 0.478 e. The average molecular weight is 945 g/mol. The second-order valence-electron chi connectivity index (χ2n) is 19.0. The fraction of sp³-hybridized carbons (Fsp3) is 0.109. The summed E-state index contributed by atoms with van der Waals surface area (Å²) in [6, 6.07) is 58.5. The standard InChI is InChI=1S/C64H48O8/c1-36-5-11-39(12-6-36)48-29-54-57(32-51(48)41-15-9-38(3)10-16-41)64(72-4)58-33-52(43-19-25-46(26-20-43)61(68)69)49(40-13-7-37(2)8-14-40)30-55(58)63(54,35-65)56-31-50(42-17-23-45(24-18-42)60(66)67)53(34-59(56)64)44-21-27-47(28-22-44)62(70)71/h5-34,65H,35H2,1-4H3,(H,66,67)(H,68,69)(H,70,71). The number of hydrogen-bond donors (Lipinski definition) is 4. The molecule has 0 radical (unpaired) electrons. The van der Waals surface area contributed by atoms with Gasteiger partial charge in [0, 0.05) is 7.11 Å². The molecule has 0 heterocycles. The van der Waals surface area contributed by atoms with Crippen LogP contribution in [0.3, 0.4) is 0 Å². The van der Waals surface area contributed by atoms with Gasteiger partial charge in [-0.1, -0.05) is 126 Å². The van der Waals surface area contributed by atoms with Crippen LogP contribution in [0.2, 0.25) is 0 Å². The number of aryl methyl sites for hydroxylation is 3. The molecule has 0 aliphatic heterocycles. The van der Waals surface area contributed by atoms with E-state index in [0.29, 0.717) is 0 Å². The molecule has 72 heavy (non-hydrogen) atoms. The number of rotatable bonds is 11. The van der Waals surface area contributed by atoms with E-state index in [4.69, 9.17) is 4.74 Å². The Morgan fingerprint density at radius 2 is 0.569 bits per heavy atom. The van der Waals surface area contributed by atoms with Crippen molar-refractivity contribution in [1.82, 2.24) is 0 Å². The summed E-state index contributed by atoms with van der Waals surface area (Å²) >= 11 is 0. The molecule has 0 saturated carbocycles. The van der Waals surface area contributed by atoms with Crippen molar-refractivity contribution in [1.29, 1.82) is 0 Å². The molecule has 0 fully saturated rings. The van der Waals surface area contributed by atoms with Crippen LogP contribution in [0.25, 0.3) is 66.8 Å². The van der Waals surface area contributed by atoms with Crippen LogP contribution in [0.1, 0.15) is 81.1 Å². The van der Waals surface area contributed by atoms with E-state index in [1.807, 2.05) is 19.1 Å². The van der Waals surface area contributed by atoms with E-state index in [0.717, 1.165) is 117 Å². The molecular formula is C64H48O8. The van der Waals surface area contributed by atoms with Gasteiger partial charge in [0.05, 0.1) is 28.7 Å². The van der Waals surface area contributed by atoms with Gasteiger partial charge in [0.25, 0.3) is 0 Å². The monoisotopic (exact) mass is 944 g/mol. The van der Waals surface area contributed by atoms with Gasteiger partial charge in [-0.2, -0.15) is 0 Å². The lowest BCUT2D eigenvalue weighted by atomic mass is 9.50. The number of hydrogen-bond acceptors (Lipinski definition) is 5. The minimum Gasteiger partial charge on any atom is -0.478 e. The maximum absolute atomic E-state index is 12.8. The Labute approximate surface area is 416 Å². The van der Waals surface area contributed by atoms with E-state index in [9.17, 15) is 34.8 Å². The SMILES string of the molecule is COC12c3cc(-c4ccc(C)cc4)c(-c4ccc(C)cc4)cc3C(CO)(c3cc(-c4ccc(C)cc4)c(-c4ccc(C(=O)O)cc4)cc31)c1cc(-c3ccc(C(=O)O)cc3)c(-c3ccc(C(=O)O)cc3)cc12. The first kappa shape index (κ1) is 45.7. The number of aromatic carboxylic acids is 3. The quantitative estimate of drug-likeness (QED) is 0.100. The molecule has 8 nitrogen and oxygen atoms in total. The van der Waals surface area contributed by atoms with E-state index in [2.05, 4.69) is 123 Å². The minimum absolute atomic E-state index is 0.125. The molecule has 0 spiro atoms. The Hall–Kier alpha value is -8.69. The van der Waals surface area contributed by atoms with Crippen molar-refractivity contribution in [2.75, 3.05) is 13.7 Å². The Balaban J connectivity index is 1.31. The third kappa shape index (κ3) is 7.09. The highest BCUT2D eigenvalue weighted by molar-refractivity contribution is 5.96. The molecule has 3 aliphatic rings. The molecule has 2 bridgehead atoms. The number of methoxy groups -OCH3 is 1. The van der Waals surface area contributed by atoms with Crippen LogP contribution < -0.4 is 0 Å². The molecule has 2 atom stereocenters. The third-order valence-electron chi connectivity index (χ3n) is 14.9. The summed E-state index contributed by atoms with van der Waals surface area (Å²) in [6.07, 6.45) is 0. The maximum atomic E-state index is 12.8. The van der Waals surface area contributed by atoms with Gasteiger partial charge in [0.1, 0.15) is 5.60 Å². The Morgan fingerprint density at radius 3 is 0.764 bits per heavy atom. The van der Waals surface area contributed by atoms with Gasteiger partial charge in [-0.15, -0.1) is 0 Å². The van der Waals surface area contributed by atoms with Crippen molar-refractivity contribution in [2.45, 2.75) is 31.8 Å². The van der Waals surface area contributed by atoms with E-state index < -0.39 is 28.9 Å². The molecular weight excluding hydrogens is 897 g/mol. The van der Waals surface area contributed by atoms with Gasteiger partial charge >= 0.3 is 17.9 Å². The fourth-order valence-electron chi connectivity index (χ4n) is 11.2. The van der Waals surface area contributed by atoms with Crippen molar-refractivity contribution >= 4 is 17.9 Å². The summed E-state index contributed by atoms with van der Waals surface area (Å²) in [5.74, 6) is -3.14. The Kier molecular flexibility index (Phi) is 11.0. The molecule has 2 unspecified atom stereocenters. The first-order chi connectivity index (χ1) is 34.7. The van der Waals surface area contributed by atoms with E-state index in [1.54, 1.807) is 67.8 Å². The predicted octanol–water partition coefficient (Wildman–Crippen LogP) is 13.6.